The van der Waals surface area contributed by atoms with Gasteiger partial charge in [-0.05, 0) is 52.2 Å². The highest BCUT2D eigenvalue weighted by Crippen LogP contribution is 2.34. The number of nitro benzene ring substituents is 2. The van der Waals surface area contributed by atoms with Crippen molar-refractivity contribution >= 4 is 33.8 Å². The molecule has 8 nitrogen and oxygen atoms in total. The molecule has 0 bridgehead atoms. The highest BCUT2D eigenvalue weighted by atomic mass is 16.6. The van der Waals surface area contributed by atoms with Crippen LogP contribution in [0.15, 0.2) is 84.9 Å². The lowest BCUT2D eigenvalue weighted by molar-refractivity contribution is -0.394. The third kappa shape index (κ3) is 4.68. The number of benzene rings is 4. The maximum Gasteiger partial charge on any atom is 0.318 e. The zero-order valence-electron chi connectivity index (χ0n) is 17.0. The van der Waals surface area contributed by atoms with Crippen molar-refractivity contribution in [2.45, 2.75) is 0 Å². The average Bonchev–Trinajstić information content (AvgIpc) is 2.83. The minimum absolute atomic E-state index is 0.109. The van der Waals surface area contributed by atoms with Gasteiger partial charge in [0.15, 0.2) is 0 Å². The van der Waals surface area contributed by atoms with Crippen LogP contribution >= 0.6 is 0 Å². The van der Waals surface area contributed by atoms with Crippen LogP contribution in [0.1, 0.15) is 11.1 Å². The number of nitrogens with zero attached hydrogens (tertiary/aromatic N) is 3. The Kier molecular flexibility index (Phi) is 5.78. The Morgan fingerprint density at radius 2 is 1.58 bits per heavy atom. The third-order valence-electron chi connectivity index (χ3n) is 4.95. The van der Waals surface area contributed by atoms with Crippen molar-refractivity contribution in [1.82, 2.24) is 0 Å². The fourth-order valence-electron chi connectivity index (χ4n) is 3.31. The Labute approximate surface area is 187 Å². The van der Waals surface area contributed by atoms with E-state index in [1.54, 1.807) is 30.3 Å². The lowest BCUT2D eigenvalue weighted by Crippen LogP contribution is -1.96. The second-order valence-corrected chi connectivity index (χ2v) is 7.07. The van der Waals surface area contributed by atoms with Crippen LogP contribution in [0.3, 0.4) is 0 Å². The third-order valence-corrected chi connectivity index (χ3v) is 4.95. The van der Waals surface area contributed by atoms with Crippen molar-refractivity contribution in [2.75, 3.05) is 0 Å². The maximum atomic E-state index is 11.3. The SMILES string of the molecule is N#C/C(=C/c1ccc(Oc2ccc([N+](=O)[O-])cc2[N+](=O)[O-])cc1)c1ccc2ccccc2c1. The van der Waals surface area contributed by atoms with Gasteiger partial charge in [-0.15, -0.1) is 0 Å². The molecule has 0 spiro atoms. The predicted molar refractivity (Wildman–Crippen MR) is 124 cm³/mol. The van der Waals surface area contributed by atoms with E-state index >= 15 is 0 Å². The van der Waals surface area contributed by atoms with Crippen LogP contribution in [0.5, 0.6) is 11.5 Å². The molecule has 0 fully saturated rings. The minimum Gasteiger partial charge on any atom is -0.450 e. The number of ether oxygens (including phenoxy) is 1. The number of nitro groups is 2. The monoisotopic (exact) mass is 437 g/mol. The highest BCUT2D eigenvalue weighted by molar-refractivity contribution is 5.94. The van der Waals surface area contributed by atoms with Crippen molar-refractivity contribution in [2.24, 2.45) is 0 Å². The lowest BCUT2D eigenvalue weighted by Gasteiger charge is -2.07. The minimum atomic E-state index is -0.734. The van der Waals surface area contributed by atoms with Gasteiger partial charge in [-0.3, -0.25) is 20.2 Å². The number of nitriles is 1. The van der Waals surface area contributed by atoms with Gasteiger partial charge in [0.05, 0.1) is 27.6 Å². The van der Waals surface area contributed by atoms with Crippen molar-refractivity contribution in [1.29, 1.82) is 5.26 Å². The smallest absolute Gasteiger partial charge is 0.318 e. The molecule has 160 valence electrons. The Bertz CT molecular complexity index is 1450. The molecule has 0 heterocycles. The molecule has 0 aliphatic rings. The van der Waals surface area contributed by atoms with Gasteiger partial charge in [0, 0.05) is 6.07 Å². The van der Waals surface area contributed by atoms with E-state index in [2.05, 4.69) is 6.07 Å². The summed E-state index contributed by atoms with van der Waals surface area (Å²) in [7, 11) is 0. The number of allylic oxidation sites excluding steroid dienone is 1. The van der Waals surface area contributed by atoms with E-state index in [9.17, 15) is 25.5 Å². The van der Waals surface area contributed by atoms with Crippen LogP contribution in [0.2, 0.25) is 0 Å². The summed E-state index contributed by atoms with van der Waals surface area (Å²) in [5, 5.41) is 33.9. The first-order valence-electron chi connectivity index (χ1n) is 9.76. The highest BCUT2D eigenvalue weighted by Gasteiger charge is 2.21. The first-order chi connectivity index (χ1) is 15.9. The number of fused-ring (bicyclic) bond motifs is 1. The van der Waals surface area contributed by atoms with Gasteiger partial charge >= 0.3 is 5.69 Å². The second-order valence-electron chi connectivity index (χ2n) is 7.07. The molecule has 4 rings (SSSR count). The van der Waals surface area contributed by atoms with Crippen LogP contribution in [-0.2, 0) is 0 Å². The molecule has 0 amide bonds. The molecule has 0 N–H and O–H groups in total. The summed E-state index contributed by atoms with van der Waals surface area (Å²) in [6.45, 7) is 0. The fraction of sp³-hybridized carbons (Fsp3) is 0. The van der Waals surface area contributed by atoms with E-state index in [4.69, 9.17) is 4.74 Å². The van der Waals surface area contributed by atoms with Crippen LogP contribution in [0.25, 0.3) is 22.4 Å². The van der Waals surface area contributed by atoms with Crippen LogP contribution in [0.4, 0.5) is 11.4 Å². The molecule has 33 heavy (non-hydrogen) atoms. The molecule has 0 aromatic heterocycles. The number of rotatable bonds is 6. The summed E-state index contributed by atoms with van der Waals surface area (Å²) >= 11 is 0. The van der Waals surface area contributed by atoms with E-state index in [1.165, 1.54) is 6.07 Å². The summed E-state index contributed by atoms with van der Waals surface area (Å²) in [5.41, 5.74) is 1.12. The van der Waals surface area contributed by atoms with E-state index in [0.717, 1.165) is 34.0 Å². The molecule has 0 aliphatic heterocycles. The number of hydrogen-bond donors (Lipinski definition) is 0. The molecule has 0 atom stereocenters. The van der Waals surface area contributed by atoms with Crippen LogP contribution in [-0.4, -0.2) is 9.85 Å². The van der Waals surface area contributed by atoms with Crippen LogP contribution in [0, 0.1) is 31.6 Å². The first kappa shape index (κ1) is 21.2. The molecule has 0 aliphatic carbocycles. The summed E-state index contributed by atoms with van der Waals surface area (Å²) in [6.07, 6.45) is 1.74. The Balaban J connectivity index is 1.59. The van der Waals surface area contributed by atoms with Crippen molar-refractivity contribution < 1.29 is 14.6 Å². The molecule has 0 unspecified atom stereocenters. The molecule has 4 aromatic rings. The zero-order chi connectivity index (χ0) is 23.4. The number of non-ortho nitro benzene ring substituents is 1. The molecule has 4 aromatic carbocycles. The Morgan fingerprint density at radius 3 is 2.24 bits per heavy atom. The number of hydrogen-bond acceptors (Lipinski definition) is 6. The van der Waals surface area contributed by atoms with E-state index in [1.807, 2.05) is 42.5 Å². The molecule has 8 heteroatoms. The average molecular weight is 437 g/mol. The standard InChI is InChI=1S/C25H15N3O5/c26-16-21(20-8-7-18-3-1-2-4-19(18)14-20)13-17-5-10-23(11-6-17)33-25-12-9-22(27(29)30)15-24(25)28(31)32/h1-15H/b21-13-. The van der Waals surface area contributed by atoms with Gasteiger partial charge in [0.25, 0.3) is 5.69 Å². The van der Waals surface area contributed by atoms with Crippen molar-refractivity contribution in [3.05, 3.63) is 116 Å². The summed E-state index contributed by atoms with van der Waals surface area (Å²) in [5.74, 6) is 0.205. The topological polar surface area (TPSA) is 119 Å². The van der Waals surface area contributed by atoms with Crippen LogP contribution < -0.4 is 4.74 Å². The Hall–Kier alpha value is -5.03. The predicted octanol–water partition coefficient (Wildman–Crippen LogP) is 6.51. The summed E-state index contributed by atoms with van der Waals surface area (Å²) < 4.78 is 5.57. The van der Waals surface area contributed by atoms with E-state index < -0.39 is 21.2 Å². The molecule has 0 saturated carbocycles. The second kappa shape index (κ2) is 8.99. The molecular formula is C25H15N3O5. The van der Waals surface area contributed by atoms with E-state index in [-0.39, 0.29) is 5.75 Å². The Morgan fingerprint density at radius 1 is 0.848 bits per heavy atom. The first-order valence-corrected chi connectivity index (χ1v) is 9.76. The van der Waals surface area contributed by atoms with Gasteiger partial charge in [-0.1, -0.05) is 48.5 Å². The van der Waals surface area contributed by atoms with Gasteiger partial charge in [0.2, 0.25) is 5.75 Å². The zero-order valence-corrected chi connectivity index (χ0v) is 17.0. The van der Waals surface area contributed by atoms with Crippen molar-refractivity contribution in [3.8, 4) is 17.6 Å². The lowest BCUT2D eigenvalue weighted by atomic mass is 10.0. The maximum absolute atomic E-state index is 11.3. The summed E-state index contributed by atoms with van der Waals surface area (Å²) in [6, 6.07) is 25.7. The molecular weight excluding hydrogens is 422 g/mol. The van der Waals surface area contributed by atoms with Gasteiger partial charge in [0.1, 0.15) is 5.75 Å². The summed E-state index contributed by atoms with van der Waals surface area (Å²) in [4.78, 5) is 20.7. The largest absolute Gasteiger partial charge is 0.450 e. The van der Waals surface area contributed by atoms with Crippen molar-refractivity contribution in [3.63, 3.8) is 0 Å². The molecule has 0 radical (unpaired) electrons. The normalized spacial score (nSPS) is 11.1. The fourth-order valence-corrected chi connectivity index (χ4v) is 3.31. The van der Waals surface area contributed by atoms with Gasteiger partial charge < -0.3 is 4.74 Å². The quantitative estimate of drug-likeness (QED) is 0.147. The van der Waals surface area contributed by atoms with E-state index in [0.29, 0.717) is 11.3 Å². The van der Waals surface area contributed by atoms with Gasteiger partial charge in [-0.25, -0.2) is 0 Å². The molecule has 0 saturated heterocycles. The van der Waals surface area contributed by atoms with Gasteiger partial charge in [-0.2, -0.15) is 5.26 Å².